The molecular formula is C18H17Cl3N2O2. The Morgan fingerprint density at radius 1 is 1.16 bits per heavy atom. The van der Waals surface area contributed by atoms with Gasteiger partial charge in [0, 0.05) is 5.56 Å². The first-order chi connectivity index (χ1) is 11.9. The number of hydrogen-bond acceptors (Lipinski definition) is 3. The van der Waals surface area contributed by atoms with E-state index in [1.54, 1.807) is 30.3 Å². The molecule has 0 aromatic heterocycles. The second kappa shape index (κ2) is 9.09. The van der Waals surface area contributed by atoms with E-state index in [1.807, 2.05) is 13.8 Å². The lowest BCUT2D eigenvalue weighted by atomic mass is 10.2. The van der Waals surface area contributed by atoms with Crippen molar-refractivity contribution < 1.29 is 9.53 Å². The largest absolute Gasteiger partial charge is 0.489 e. The highest BCUT2D eigenvalue weighted by molar-refractivity contribution is 6.42. The minimum Gasteiger partial charge on any atom is -0.489 e. The third-order valence-electron chi connectivity index (χ3n) is 3.42. The summed E-state index contributed by atoms with van der Waals surface area (Å²) in [5.74, 6) is 0.227. The average molecular weight is 400 g/mol. The molecule has 1 N–H and O–H groups in total. The molecule has 132 valence electrons. The number of ether oxygens (including phenoxy) is 1. The van der Waals surface area contributed by atoms with Crippen molar-refractivity contribution in [2.24, 2.45) is 5.10 Å². The van der Waals surface area contributed by atoms with Crippen LogP contribution >= 0.6 is 34.8 Å². The Hall–Kier alpha value is -1.75. The predicted molar refractivity (Wildman–Crippen MR) is 103 cm³/mol. The van der Waals surface area contributed by atoms with Crippen LogP contribution in [0.4, 0.5) is 0 Å². The van der Waals surface area contributed by atoms with Crippen molar-refractivity contribution in [3.05, 3.63) is 62.6 Å². The molecule has 0 aliphatic rings. The molecular weight excluding hydrogens is 383 g/mol. The monoisotopic (exact) mass is 398 g/mol. The highest BCUT2D eigenvalue weighted by Gasteiger charge is 2.08. The summed E-state index contributed by atoms with van der Waals surface area (Å²) in [5.41, 5.74) is 3.52. The second-order valence-corrected chi connectivity index (χ2v) is 6.58. The summed E-state index contributed by atoms with van der Waals surface area (Å²) in [6.45, 7) is 4.01. The first-order valence-corrected chi connectivity index (χ1v) is 8.78. The van der Waals surface area contributed by atoms with Gasteiger partial charge in [-0.05, 0) is 55.3 Å². The second-order valence-electron chi connectivity index (χ2n) is 5.35. The molecule has 0 aliphatic carbocycles. The molecule has 2 aromatic carbocycles. The van der Waals surface area contributed by atoms with Gasteiger partial charge in [-0.15, -0.1) is 0 Å². The number of nitrogens with one attached hydrogen (secondary N) is 1. The van der Waals surface area contributed by atoms with Crippen molar-refractivity contribution in [3.63, 3.8) is 0 Å². The zero-order chi connectivity index (χ0) is 18.4. The van der Waals surface area contributed by atoms with Gasteiger partial charge in [0.15, 0.2) is 0 Å². The Kier molecular flexibility index (Phi) is 7.12. The number of carbonyl (C=O) groups excluding carboxylic acids is 1. The highest BCUT2D eigenvalue weighted by Crippen LogP contribution is 2.26. The number of halogens is 3. The summed E-state index contributed by atoms with van der Waals surface area (Å²) in [4.78, 5) is 12.0. The van der Waals surface area contributed by atoms with Crippen LogP contribution in [0.1, 0.15) is 36.2 Å². The van der Waals surface area contributed by atoms with Crippen LogP contribution < -0.4 is 10.2 Å². The minimum absolute atomic E-state index is 0.0857. The van der Waals surface area contributed by atoms with E-state index in [4.69, 9.17) is 39.5 Å². The lowest BCUT2D eigenvalue weighted by molar-refractivity contribution is 0.0955. The number of hydrazone groups is 1. The van der Waals surface area contributed by atoms with Gasteiger partial charge in [-0.1, -0.05) is 41.7 Å². The summed E-state index contributed by atoms with van der Waals surface area (Å²) in [6.07, 6.45) is 2.47. The molecule has 4 nitrogen and oxygen atoms in total. The Labute approximate surface area is 161 Å². The minimum atomic E-state index is -0.391. The molecule has 0 unspecified atom stereocenters. The van der Waals surface area contributed by atoms with Crippen LogP contribution in [0.25, 0.3) is 0 Å². The van der Waals surface area contributed by atoms with Crippen LogP contribution in [0, 0.1) is 0 Å². The quantitative estimate of drug-likeness (QED) is 0.508. The summed E-state index contributed by atoms with van der Waals surface area (Å²) < 4.78 is 5.70. The van der Waals surface area contributed by atoms with E-state index < -0.39 is 5.91 Å². The fourth-order valence-electron chi connectivity index (χ4n) is 1.86. The van der Waals surface area contributed by atoms with Crippen LogP contribution in [0.5, 0.6) is 5.75 Å². The molecule has 0 spiro atoms. The topological polar surface area (TPSA) is 50.7 Å². The third-order valence-corrected chi connectivity index (χ3v) is 4.45. The number of benzene rings is 2. The van der Waals surface area contributed by atoms with Crippen molar-refractivity contribution in [1.82, 2.24) is 5.43 Å². The van der Waals surface area contributed by atoms with Gasteiger partial charge in [0.2, 0.25) is 0 Å². The molecule has 2 rings (SSSR count). The molecule has 0 bridgehead atoms. The predicted octanol–water partition coefficient (Wildman–Crippen LogP) is 5.59. The average Bonchev–Trinajstić information content (AvgIpc) is 2.59. The van der Waals surface area contributed by atoms with Crippen molar-refractivity contribution in [2.75, 3.05) is 0 Å². The van der Waals surface area contributed by atoms with Crippen LogP contribution in [0.3, 0.4) is 0 Å². The maximum atomic E-state index is 12.0. The van der Waals surface area contributed by atoms with Gasteiger partial charge in [0.05, 0.1) is 27.4 Å². The summed E-state index contributed by atoms with van der Waals surface area (Å²) in [5, 5.41) is 5.10. The van der Waals surface area contributed by atoms with Gasteiger partial charge in [-0.25, -0.2) is 5.43 Å². The number of carbonyl (C=O) groups is 1. The van der Waals surface area contributed by atoms with E-state index in [9.17, 15) is 4.79 Å². The maximum absolute atomic E-state index is 12.0. The number of amides is 1. The molecule has 0 radical (unpaired) electrons. The smallest absolute Gasteiger partial charge is 0.271 e. The number of rotatable bonds is 6. The Bertz CT molecular complexity index is 794. The zero-order valence-electron chi connectivity index (χ0n) is 13.7. The van der Waals surface area contributed by atoms with E-state index in [0.717, 1.165) is 12.0 Å². The molecule has 1 atom stereocenters. The van der Waals surface area contributed by atoms with Gasteiger partial charge < -0.3 is 4.74 Å². The van der Waals surface area contributed by atoms with Crippen LogP contribution in [0.2, 0.25) is 15.1 Å². The van der Waals surface area contributed by atoms with Crippen LogP contribution in [-0.2, 0) is 0 Å². The zero-order valence-corrected chi connectivity index (χ0v) is 16.0. The molecule has 0 saturated carbocycles. The highest BCUT2D eigenvalue weighted by atomic mass is 35.5. The normalized spacial score (nSPS) is 12.2. The fraction of sp³-hybridized carbons (Fsp3) is 0.222. The number of nitrogens with zero attached hydrogens (tertiary/aromatic N) is 1. The van der Waals surface area contributed by atoms with Gasteiger partial charge in [0.25, 0.3) is 5.91 Å². The van der Waals surface area contributed by atoms with Crippen molar-refractivity contribution in [2.45, 2.75) is 26.4 Å². The van der Waals surface area contributed by atoms with Gasteiger partial charge in [0.1, 0.15) is 5.75 Å². The maximum Gasteiger partial charge on any atom is 0.271 e. The molecule has 0 aliphatic heterocycles. The molecule has 0 saturated heterocycles. The Morgan fingerprint density at radius 3 is 2.56 bits per heavy atom. The SMILES string of the molecule is CC[C@H](C)Oc1ccc(/C=N\NC(=O)c2ccc(Cl)c(Cl)c2)cc1Cl. The molecule has 25 heavy (non-hydrogen) atoms. The first kappa shape index (κ1) is 19.6. The molecule has 0 heterocycles. The van der Waals surface area contributed by atoms with E-state index in [0.29, 0.717) is 26.4 Å². The Balaban J connectivity index is 2.00. The van der Waals surface area contributed by atoms with Gasteiger partial charge >= 0.3 is 0 Å². The molecule has 0 fully saturated rings. The van der Waals surface area contributed by atoms with Crippen molar-refractivity contribution in [3.8, 4) is 5.75 Å². The van der Waals surface area contributed by atoms with E-state index in [-0.39, 0.29) is 6.10 Å². The molecule has 1 amide bonds. The summed E-state index contributed by atoms with van der Waals surface area (Å²) in [7, 11) is 0. The number of hydrogen-bond donors (Lipinski definition) is 1. The third kappa shape index (κ3) is 5.63. The first-order valence-electron chi connectivity index (χ1n) is 7.65. The lowest BCUT2D eigenvalue weighted by Gasteiger charge is -2.13. The van der Waals surface area contributed by atoms with Crippen LogP contribution in [0.15, 0.2) is 41.5 Å². The van der Waals surface area contributed by atoms with E-state index in [2.05, 4.69) is 10.5 Å². The standard InChI is InChI=1S/C18H17Cl3N2O2/c1-3-11(2)25-17-7-4-12(8-16(17)21)10-22-23-18(24)13-5-6-14(19)15(20)9-13/h4-11H,3H2,1-2H3,(H,23,24)/b22-10-/t11-/m0/s1. The van der Waals surface area contributed by atoms with Crippen molar-refractivity contribution in [1.29, 1.82) is 0 Å². The summed E-state index contributed by atoms with van der Waals surface area (Å²) >= 11 is 17.9. The van der Waals surface area contributed by atoms with Crippen molar-refractivity contribution >= 4 is 46.9 Å². The van der Waals surface area contributed by atoms with Gasteiger partial charge in [-0.3, -0.25) is 4.79 Å². The molecule has 7 heteroatoms. The van der Waals surface area contributed by atoms with E-state index in [1.165, 1.54) is 12.3 Å². The summed E-state index contributed by atoms with van der Waals surface area (Å²) in [6, 6.07) is 9.89. The Morgan fingerprint density at radius 2 is 1.92 bits per heavy atom. The van der Waals surface area contributed by atoms with Crippen LogP contribution in [-0.4, -0.2) is 18.2 Å². The fourth-order valence-corrected chi connectivity index (χ4v) is 2.39. The lowest BCUT2D eigenvalue weighted by Crippen LogP contribution is -2.17. The van der Waals surface area contributed by atoms with E-state index >= 15 is 0 Å². The molecule has 2 aromatic rings. The van der Waals surface area contributed by atoms with Gasteiger partial charge in [-0.2, -0.15) is 5.10 Å².